The summed E-state index contributed by atoms with van der Waals surface area (Å²) in [7, 11) is 0. The number of halogens is 1. The number of nitrogens with one attached hydrogen (secondary N) is 1. The quantitative estimate of drug-likeness (QED) is 0.778. The maximum atomic E-state index is 11.1. The molecule has 1 rings (SSSR count). The van der Waals surface area contributed by atoms with Gasteiger partial charge in [0, 0.05) is 12.1 Å². The van der Waals surface area contributed by atoms with Crippen LogP contribution >= 0.6 is 11.6 Å². The van der Waals surface area contributed by atoms with E-state index in [2.05, 4.69) is 5.32 Å². The van der Waals surface area contributed by atoms with E-state index in [1.54, 1.807) is 24.3 Å². The van der Waals surface area contributed by atoms with Crippen molar-refractivity contribution in [2.75, 3.05) is 12.5 Å². The Kier molecular flexibility index (Phi) is 5.29. The van der Waals surface area contributed by atoms with Crippen LogP contribution < -0.4 is 11.1 Å². The van der Waals surface area contributed by atoms with E-state index >= 15 is 0 Å². The first-order chi connectivity index (χ1) is 8.13. The van der Waals surface area contributed by atoms with E-state index in [9.17, 15) is 9.59 Å². The van der Waals surface area contributed by atoms with Gasteiger partial charge in [0.1, 0.15) is 6.61 Å². The first-order valence-electron chi connectivity index (χ1n) is 4.99. The molecule has 0 bridgehead atoms. The molecule has 0 atom stereocenters. The molecule has 2 amide bonds. The fourth-order valence-electron chi connectivity index (χ4n) is 1.14. The molecular formula is C11H13ClN2O3. The molecule has 1 aromatic carbocycles. The van der Waals surface area contributed by atoms with E-state index < -0.39 is 12.0 Å². The van der Waals surface area contributed by atoms with Crippen LogP contribution in [0.3, 0.4) is 0 Å². The molecule has 0 unspecified atom stereocenters. The van der Waals surface area contributed by atoms with Crippen LogP contribution in [0, 0.1) is 0 Å². The highest BCUT2D eigenvalue weighted by Crippen LogP contribution is 2.03. The van der Waals surface area contributed by atoms with E-state index in [4.69, 9.17) is 22.1 Å². The molecule has 5 nitrogen and oxygen atoms in total. The maximum absolute atomic E-state index is 11.1. The lowest BCUT2D eigenvalue weighted by molar-refractivity contribution is 0.1000. The van der Waals surface area contributed by atoms with E-state index in [-0.39, 0.29) is 12.5 Å². The van der Waals surface area contributed by atoms with Gasteiger partial charge in [0.05, 0.1) is 5.88 Å². The molecule has 92 valence electrons. The SMILES string of the molecule is NC(=O)c1ccc(CNC(=O)OCCCl)cc1. The third-order valence-corrected chi connectivity index (χ3v) is 2.14. The zero-order valence-electron chi connectivity index (χ0n) is 9.11. The minimum Gasteiger partial charge on any atom is -0.448 e. The monoisotopic (exact) mass is 256 g/mol. The lowest BCUT2D eigenvalue weighted by Crippen LogP contribution is -2.24. The van der Waals surface area contributed by atoms with E-state index in [0.717, 1.165) is 5.56 Å². The number of primary amides is 1. The van der Waals surface area contributed by atoms with Crippen molar-refractivity contribution in [1.29, 1.82) is 0 Å². The zero-order chi connectivity index (χ0) is 12.7. The summed E-state index contributed by atoms with van der Waals surface area (Å²) >= 11 is 5.36. The van der Waals surface area contributed by atoms with Gasteiger partial charge in [-0.15, -0.1) is 11.6 Å². The zero-order valence-corrected chi connectivity index (χ0v) is 9.87. The van der Waals surface area contributed by atoms with Crippen molar-refractivity contribution in [2.45, 2.75) is 6.54 Å². The Morgan fingerprint density at radius 1 is 1.29 bits per heavy atom. The molecule has 3 N–H and O–H groups in total. The Morgan fingerprint density at radius 2 is 1.94 bits per heavy atom. The fourth-order valence-corrected chi connectivity index (χ4v) is 1.22. The predicted octanol–water partition coefficient (Wildman–Crippen LogP) is 1.25. The van der Waals surface area contributed by atoms with Gasteiger partial charge in [-0.3, -0.25) is 4.79 Å². The standard InChI is InChI=1S/C11H13ClN2O3/c12-5-6-17-11(16)14-7-8-1-3-9(4-2-8)10(13)15/h1-4H,5-7H2,(H2,13,15)(H,14,16). The highest BCUT2D eigenvalue weighted by molar-refractivity contribution is 6.18. The van der Waals surface area contributed by atoms with Gasteiger partial charge in [0.15, 0.2) is 0 Å². The Morgan fingerprint density at radius 3 is 2.47 bits per heavy atom. The topological polar surface area (TPSA) is 81.4 Å². The molecule has 0 aromatic heterocycles. The van der Waals surface area contributed by atoms with Crippen molar-refractivity contribution in [3.8, 4) is 0 Å². The summed E-state index contributed by atoms with van der Waals surface area (Å²) in [6, 6.07) is 6.62. The van der Waals surface area contributed by atoms with Gasteiger partial charge in [-0.1, -0.05) is 12.1 Å². The van der Waals surface area contributed by atoms with Gasteiger partial charge >= 0.3 is 6.09 Å². The maximum Gasteiger partial charge on any atom is 0.407 e. The van der Waals surface area contributed by atoms with Crippen LogP contribution in [-0.2, 0) is 11.3 Å². The van der Waals surface area contributed by atoms with Gasteiger partial charge < -0.3 is 15.8 Å². The average molecular weight is 257 g/mol. The van der Waals surface area contributed by atoms with Gasteiger partial charge in [-0.2, -0.15) is 0 Å². The van der Waals surface area contributed by atoms with Crippen LogP contribution in [0.1, 0.15) is 15.9 Å². The second-order valence-corrected chi connectivity index (χ2v) is 3.62. The molecule has 6 heteroatoms. The smallest absolute Gasteiger partial charge is 0.407 e. The number of alkyl halides is 1. The second kappa shape index (κ2) is 6.75. The number of benzene rings is 1. The van der Waals surface area contributed by atoms with E-state index in [1.165, 1.54) is 0 Å². The lowest BCUT2D eigenvalue weighted by Gasteiger charge is -2.06. The van der Waals surface area contributed by atoms with Crippen molar-refractivity contribution in [3.63, 3.8) is 0 Å². The minimum absolute atomic E-state index is 0.175. The Bertz CT molecular complexity index is 392. The van der Waals surface area contributed by atoms with E-state index in [1.807, 2.05) is 0 Å². The molecule has 17 heavy (non-hydrogen) atoms. The second-order valence-electron chi connectivity index (χ2n) is 3.24. The highest BCUT2D eigenvalue weighted by atomic mass is 35.5. The van der Waals surface area contributed by atoms with Crippen molar-refractivity contribution in [1.82, 2.24) is 5.32 Å². The molecule has 0 spiro atoms. The molecule has 0 fully saturated rings. The Balaban J connectivity index is 2.42. The normalized spacial score (nSPS) is 9.71. The van der Waals surface area contributed by atoms with Crippen LogP contribution in [0.5, 0.6) is 0 Å². The number of rotatable bonds is 5. The Hall–Kier alpha value is -1.75. The van der Waals surface area contributed by atoms with Crippen LogP contribution in [0.15, 0.2) is 24.3 Å². The molecule has 0 aliphatic carbocycles. The number of hydrogen-bond acceptors (Lipinski definition) is 3. The number of carbonyl (C=O) groups is 2. The molecular weight excluding hydrogens is 244 g/mol. The largest absolute Gasteiger partial charge is 0.448 e. The molecule has 0 heterocycles. The Labute approximate surface area is 104 Å². The van der Waals surface area contributed by atoms with Crippen molar-refractivity contribution < 1.29 is 14.3 Å². The van der Waals surface area contributed by atoms with Gasteiger partial charge in [-0.25, -0.2) is 4.79 Å². The van der Waals surface area contributed by atoms with E-state index in [0.29, 0.717) is 12.1 Å². The third-order valence-electron chi connectivity index (χ3n) is 1.99. The molecule has 0 saturated heterocycles. The number of alkyl carbamates (subject to hydrolysis) is 1. The molecule has 0 radical (unpaired) electrons. The first kappa shape index (κ1) is 13.3. The number of nitrogens with two attached hydrogens (primary N) is 1. The minimum atomic E-state index is -0.523. The van der Waals surface area contributed by atoms with Crippen LogP contribution in [0.4, 0.5) is 4.79 Å². The van der Waals surface area contributed by atoms with Crippen molar-refractivity contribution in [3.05, 3.63) is 35.4 Å². The number of hydrogen-bond donors (Lipinski definition) is 2. The third kappa shape index (κ3) is 4.74. The summed E-state index contributed by atoms with van der Waals surface area (Å²) in [5.74, 6) is -0.216. The first-order valence-corrected chi connectivity index (χ1v) is 5.52. The summed E-state index contributed by atoms with van der Waals surface area (Å²) in [5.41, 5.74) is 6.37. The predicted molar refractivity (Wildman–Crippen MR) is 63.9 cm³/mol. The van der Waals surface area contributed by atoms with Crippen molar-refractivity contribution >= 4 is 23.6 Å². The number of carbonyl (C=O) groups excluding carboxylic acids is 2. The van der Waals surface area contributed by atoms with Crippen molar-refractivity contribution in [2.24, 2.45) is 5.73 Å². The van der Waals surface area contributed by atoms with Gasteiger partial charge in [0.2, 0.25) is 5.91 Å². The van der Waals surface area contributed by atoms with Crippen LogP contribution in [0.2, 0.25) is 0 Å². The number of amides is 2. The average Bonchev–Trinajstić information content (AvgIpc) is 2.34. The highest BCUT2D eigenvalue weighted by Gasteiger charge is 2.02. The van der Waals surface area contributed by atoms with Gasteiger partial charge in [-0.05, 0) is 17.7 Å². The molecule has 1 aromatic rings. The van der Waals surface area contributed by atoms with Gasteiger partial charge in [0.25, 0.3) is 0 Å². The summed E-state index contributed by atoms with van der Waals surface area (Å²) in [4.78, 5) is 21.9. The summed E-state index contributed by atoms with van der Waals surface area (Å²) < 4.78 is 4.72. The fraction of sp³-hybridized carbons (Fsp3) is 0.273. The molecule has 0 aliphatic rings. The summed E-state index contributed by atoms with van der Waals surface area (Å²) in [6.07, 6.45) is -0.523. The molecule has 0 saturated carbocycles. The number of ether oxygens (including phenoxy) is 1. The lowest BCUT2D eigenvalue weighted by atomic mass is 10.1. The van der Waals surface area contributed by atoms with Crippen LogP contribution in [0.25, 0.3) is 0 Å². The summed E-state index contributed by atoms with van der Waals surface area (Å²) in [6.45, 7) is 0.494. The van der Waals surface area contributed by atoms with Crippen LogP contribution in [-0.4, -0.2) is 24.5 Å². The molecule has 0 aliphatic heterocycles. The summed E-state index contributed by atoms with van der Waals surface area (Å²) in [5, 5.41) is 2.55.